The summed E-state index contributed by atoms with van der Waals surface area (Å²) in [5.41, 5.74) is 0. The predicted molar refractivity (Wildman–Crippen MR) is 107 cm³/mol. The Balaban J connectivity index is 2.20. The van der Waals surface area contributed by atoms with Gasteiger partial charge in [0.15, 0.2) is 0 Å². The first-order valence-electron chi connectivity index (χ1n) is 7.35. The number of halogens is 2. The molecule has 5 rings (SSSR count). The van der Waals surface area contributed by atoms with Crippen molar-refractivity contribution in [3.05, 3.63) is 70.2 Å². The molecule has 23 heavy (non-hydrogen) atoms. The van der Waals surface area contributed by atoms with E-state index in [1.54, 1.807) is 11.3 Å². The lowest BCUT2D eigenvalue weighted by molar-refractivity contribution is 1.78. The maximum absolute atomic E-state index is 6.60. The number of hydrogen-bond acceptors (Lipinski definition) is 1. The molecule has 0 amide bonds. The molecule has 110 valence electrons. The van der Waals surface area contributed by atoms with Crippen molar-refractivity contribution in [1.29, 1.82) is 0 Å². The minimum Gasteiger partial charge on any atom is -0.134 e. The molecule has 3 heteroatoms. The van der Waals surface area contributed by atoms with E-state index in [2.05, 4.69) is 76.6 Å². The Morgan fingerprint density at radius 3 is 2.30 bits per heavy atom. The van der Waals surface area contributed by atoms with Crippen LogP contribution in [0.15, 0.2) is 65.1 Å². The molecule has 0 aliphatic heterocycles. The van der Waals surface area contributed by atoms with Crippen molar-refractivity contribution in [2.45, 2.75) is 0 Å². The van der Waals surface area contributed by atoms with Crippen molar-refractivity contribution < 1.29 is 0 Å². The van der Waals surface area contributed by atoms with Gasteiger partial charge in [0.2, 0.25) is 0 Å². The number of rotatable bonds is 0. The molecule has 0 radical (unpaired) electrons. The topological polar surface area (TPSA) is 0 Å². The fourth-order valence-electron chi connectivity index (χ4n) is 3.40. The molecule has 0 aliphatic rings. The average molecular weight is 398 g/mol. The quantitative estimate of drug-likeness (QED) is 0.250. The lowest BCUT2D eigenvalue weighted by atomic mass is 10.00. The van der Waals surface area contributed by atoms with Gasteiger partial charge in [0, 0.05) is 19.9 Å². The van der Waals surface area contributed by atoms with Gasteiger partial charge in [0.05, 0.1) is 9.72 Å². The van der Waals surface area contributed by atoms with E-state index < -0.39 is 0 Å². The molecule has 0 atom stereocenters. The molecule has 0 N–H and O–H groups in total. The summed E-state index contributed by atoms with van der Waals surface area (Å²) in [7, 11) is 0. The van der Waals surface area contributed by atoms with Gasteiger partial charge < -0.3 is 0 Å². The smallest absolute Gasteiger partial charge is 0.0591 e. The summed E-state index contributed by atoms with van der Waals surface area (Å²) >= 11 is 12.1. The van der Waals surface area contributed by atoms with Crippen LogP contribution < -0.4 is 0 Å². The molecule has 1 aromatic heterocycles. The first-order valence-corrected chi connectivity index (χ1v) is 9.33. The highest BCUT2D eigenvalue weighted by Crippen LogP contribution is 2.46. The molecule has 0 saturated heterocycles. The molecular weight excluding hydrogens is 388 g/mol. The third-order valence-corrected chi connectivity index (χ3v) is 6.61. The Morgan fingerprint density at radius 2 is 1.48 bits per heavy atom. The van der Waals surface area contributed by atoms with E-state index in [0.29, 0.717) is 0 Å². The normalized spacial score (nSPS) is 11.9. The number of thiophene rings is 1. The molecule has 0 nitrogen and oxygen atoms in total. The standard InChI is InChI=1S/C20H10BrClS/c21-15-10-17-18(14-8-4-3-7-13(14)15)19-12-6-2-1-5-11(12)9-16(22)20(19)23-17/h1-10H. The Kier molecular flexibility index (Phi) is 2.96. The minimum absolute atomic E-state index is 0.833. The molecule has 0 bridgehead atoms. The maximum atomic E-state index is 6.60. The zero-order valence-corrected chi connectivity index (χ0v) is 15.1. The summed E-state index contributed by atoms with van der Waals surface area (Å²) in [5.74, 6) is 0. The summed E-state index contributed by atoms with van der Waals surface area (Å²) in [5, 5.41) is 8.39. The van der Waals surface area contributed by atoms with Gasteiger partial charge in [-0.05, 0) is 33.7 Å². The fourth-order valence-corrected chi connectivity index (χ4v) is 5.63. The molecular formula is C20H10BrClS. The van der Waals surface area contributed by atoms with E-state index in [4.69, 9.17) is 11.6 Å². The van der Waals surface area contributed by atoms with Crippen molar-refractivity contribution in [3.8, 4) is 0 Å². The predicted octanol–water partition coefficient (Wildman–Crippen LogP) is 7.78. The summed E-state index contributed by atoms with van der Waals surface area (Å²) in [6.45, 7) is 0. The van der Waals surface area contributed by atoms with Gasteiger partial charge >= 0.3 is 0 Å². The van der Waals surface area contributed by atoms with Gasteiger partial charge in [-0.2, -0.15) is 0 Å². The molecule has 0 saturated carbocycles. The summed E-state index contributed by atoms with van der Waals surface area (Å²) in [4.78, 5) is 0. The molecule has 0 spiro atoms. The van der Waals surface area contributed by atoms with E-state index >= 15 is 0 Å². The van der Waals surface area contributed by atoms with E-state index in [1.165, 1.54) is 41.7 Å². The zero-order chi connectivity index (χ0) is 15.6. The van der Waals surface area contributed by atoms with Crippen LogP contribution in [0, 0.1) is 0 Å². The van der Waals surface area contributed by atoms with Crippen LogP contribution in [-0.2, 0) is 0 Å². The highest BCUT2D eigenvalue weighted by atomic mass is 79.9. The first kappa shape index (κ1) is 13.8. The van der Waals surface area contributed by atoms with Crippen molar-refractivity contribution in [1.82, 2.24) is 0 Å². The van der Waals surface area contributed by atoms with Gasteiger partial charge in [-0.15, -0.1) is 11.3 Å². The van der Waals surface area contributed by atoms with Gasteiger partial charge in [0.1, 0.15) is 0 Å². The lowest BCUT2D eigenvalue weighted by Gasteiger charge is -2.06. The van der Waals surface area contributed by atoms with E-state index in [-0.39, 0.29) is 0 Å². The second-order valence-corrected chi connectivity index (χ2v) is 7.98. The van der Waals surface area contributed by atoms with E-state index in [0.717, 1.165) is 9.50 Å². The van der Waals surface area contributed by atoms with E-state index in [1.807, 2.05) is 0 Å². The lowest BCUT2D eigenvalue weighted by Crippen LogP contribution is -1.78. The Morgan fingerprint density at radius 1 is 0.783 bits per heavy atom. The SMILES string of the molecule is Clc1cc2ccccc2c2c1sc1cc(Br)c3ccccc3c12. The summed E-state index contributed by atoms with van der Waals surface area (Å²) < 4.78 is 3.57. The van der Waals surface area contributed by atoms with Crippen molar-refractivity contribution >= 4 is 80.6 Å². The van der Waals surface area contributed by atoms with Crippen molar-refractivity contribution in [2.75, 3.05) is 0 Å². The molecule has 0 fully saturated rings. The van der Waals surface area contributed by atoms with Crippen LogP contribution >= 0.6 is 38.9 Å². The molecule has 0 unspecified atom stereocenters. The molecule has 1 heterocycles. The average Bonchev–Trinajstić information content (AvgIpc) is 2.95. The second kappa shape index (κ2) is 4.94. The van der Waals surface area contributed by atoms with Crippen LogP contribution in [0.3, 0.4) is 0 Å². The van der Waals surface area contributed by atoms with Gasteiger partial charge in [-0.25, -0.2) is 0 Å². The van der Waals surface area contributed by atoms with Crippen LogP contribution in [-0.4, -0.2) is 0 Å². The largest absolute Gasteiger partial charge is 0.134 e. The van der Waals surface area contributed by atoms with Crippen molar-refractivity contribution in [2.24, 2.45) is 0 Å². The highest BCUT2D eigenvalue weighted by Gasteiger charge is 2.15. The minimum atomic E-state index is 0.833. The Labute approximate surface area is 150 Å². The highest BCUT2D eigenvalue weighted by molar-refractivity contribution is 9.10. The van der Waals surface area contributed by atoms with Gasteiger partial charge in [-0.1, -0.05) is 76.1 Å². The first-order chi connectivity index (χ1) is 11.2. The van der Waals surface area contributed by atoms with Crippen LogP contribution in [0.2, 0.25) is 5.02 Å². The molecule has 5 aromatic rings. The number of benzene rings is 4. The maximum Gasteiger partial charge on any atom is 0.0591 e. The van der Waals surface area contributed by atoms with Crippen molar-refractivity contribution in [3.63, 3.8) is 0 Å². The van der Waals surface area contributed by atoms with Crippen LogP contribution in [0.5, 0.6) is 0 Å². The van der Waals surface area contributed by atoms with Gasteiger partial charge in [0.25, 0.3) is 0 Å². The third-order valence-electron chi connectivity index (χ3n) is 4.38. The summed E-state index contributed by atoms with van der Waals surface area (Å²) in [6.07, 6.45) is 0. The second-order valence-electron chi connectivity index (χ2n) is 5.66. The fraction of sp³-hybridized carbons (Fsp3) is 0. The van der Waals surface area contributed by atoms with Crippen LogP contribution in [0.4, 0.5) is 0 Å². The Bertz CT molecular complexity index is 1240. The molecule has 0 aliphatic carbocycles. The van der Waals surface area contributed by atoms with Crippen LogP contribution in [0.25, 0.3) is 41.7 Å². The summed E-state index contributed by atoms with van der Waals surface area (Å²) in [6, 6.07) is 21.3. The Hall–Kier alpha value is -1.61. The van der Waals surface area contributed by atoms with Gasteiger partial charge in [-0.3, -0.25) is 0 Å². The number of hydrogen-bond donors (Lipinski definition) is 0. The van der Waals surface area contributed by atoms with E-state index in [9.17, 15) is 0 Å². The number of fused-ring (bicyclic) bond motifs is 7. The molecule has 4 aromatic carbocycles. The monoisotopic (exact) mass is 396 g/mol. The van der Waals surface area contributed by atoms with Crippen LogP contribution in [0.1, 0.15) is 0 Å². The third kappa shape index (κ3) is 1.89. The zero-order valence-electron chi connectivity index (χ0n) is 11.9.